The van der Waals surface area contributed by atoms with Crippen LogP contribution in [0.3, 0.4) is 0 Å². The van der Waals surface area contributed by atoms with Crippen molar-refractivity contribution in [3.63, 3.8) is 0 Å². The maximum absolute atomic E-state index is 13.7. The molecule has 0 bridgehead atoms. The van der Waals surface area contributed by atoms with Crippen LogP contribution in [0, 0.1) is 0 Å². The van der Waals surface area contributed by atoms with Crippen LogP contribution < -0.4 is 10.3 Å². The van der Waals surface area contributed by atoms with Crippen molar-refractivity contribution in [2.24, 2.45) is 0 Å². The fourth-order valence-electron chi connectivity index (χ4n) is 5.62. The van der Waals surface area contributed by atoms with E-state index in [0.717, 1.165) is 42.1 Å². The summed E-state index contributed by atoms with van der Waals surface area (Å²) < 4.78 is 7.14. The number of methoxy groups -OCH3 is 1. The second-order valence-corrected chi connectivity index (χ2v) is 9.22. The van der Waals surface area contributed by atoms with Gasteiger partial charge < -0.3 is 9.64 Å². The highest BCUT2D eigenvalue weighted by molar-refractivity contribution is 5.84. The fraction of sp³-hybridized carbons (Fsp3) is 0.615. The van der Waals surface area contributed by atoms with Gasteiger partial charge in [-0.3, -0.25) is 14.2 Å². The molecule has 2 aliphatic rings. The summed E-state index contributed by atoms with van der Waals surface area (Å²) in [6.45, 7) is 2.85. The van der Waals surface area contributed by atoms with Crippen LogP contribution in [0.15, 0.2) is 29.1 Å². The minimum Gasteiger partial charge on any atom is -0.497 e. The average Bonchev–Trinajstić information content (AvgIpc) is 2.82. The second kappa shape index (κ2) is 9.88. The first kappa shape index (κ1) is 21.9. The number of amides is 1. The van der Waals surface area contributed by atoms with Gasteiger partial charge in [-0.1, -0.05) is 38.5 Å². The number of carbonyl (C=O) groups excluding carboxylic acids is 1. The van der Waals surface area contributed by atoms with Crippen LogP contribution in [0.1, 0.15) is 82.6 Å². The Hall–Kier alpha value is -2.30. The molecule has 1 heterocycles. The van der Waals surface area contributed by atoms with E-state index in [1.165, 1.54) is 38.5 Å². The van der Waals surface area contributed by atoms with Crippen molar-refractivity contribution < 1.29 is 9.53 Å². The van der Waals surface area contributed by atoms with Crippen LogP contribution in [0.25, 0.3) is 10.9 Å². The minimum atomic E-state index is 0.000648. The zero-order valence-electron chi connectivity index (χ0n) is 19.1. The molecule has 1 amide bonds. The van der Waals surface area contributed by atoms with Crippen molar-refractivity contribution in [1.29, 1.82) is 0 Å². The lowest BCUT2D eigenvalue weighted by Gasteiger charge is -2.34. The summed E-state index contributed by atoms with van der Waals surface area (Å²) in [5.41, 5.74) is 1.67. The van der Waals surface area contributed by atoms with E-state index in [1.54, 1.807) is 11.7 Å². The van der Waals surface area contributed by atoms with Crippen molar-refractivity contribution in [1.82, 2.24) is 9.47 Å². The predicted molar refractivity (Wildman–Crippen MR) is 125 cm³/mol. The van der Waals surface area contributed by atoms with E-state index < -0.39 is 0 Å². The number of benzene rings is 1. The zero-order valence-corrected chi connectivity index (χ0v) is 19.1. The molecule has 168 valence electrons. The molecule has 0 spiro atoms. The number of hydrogen-bond acceptors (Lipinski definition) is 3. The van der Waals surface area contributed by atoms with Gasteiger partial charge in [-0.25, -0.2) is 0 Å². The third-order valence-corrected chi connectivity index (χ3v) is 7.35. The number of carbonyl (C=O) groups is 1. The van der Waals surface area contributed by atoms with Crippen molar-refractivity contribution in [3.8, 4) is 5.75 Å². The van der Waals surface area contributed by atoms with E-state index in [2.05, 4.69) is 13.0 Å². The average molecular weight is 425 g/mol. The quantitative estimate of drug-likeness (QED) is 0.637. The Labute approximate surface area is 185 Å². The summed E-state index contributed by atoms with van der Waals surface area (Å²) in [7, 11) is 1.63. The Bertz CT molecular complexity index is 969. The van der Waals surface area contributed by atoms with Crippen LogP contribution in [0.5, 0.6) is 5.75 Å². The number of nitrogens with zero attached hydrogens (tertiary/aromatic N) is 2. The van der Waals surface area contributed by atoms with Crippen LogP contribution in [-0.2, 0) is 11.3 Å². The van der Waals surface area contributed by atoms with Gasteiger partial charge in [0.25, 0.3) is 5.56 Å². The van der Waals surface area contributed by atoms with Crippen molar-refractivity contribution >= 4 is 16.8 Å². The molecule has 5 heteroatoms. The Morgan fingerprint density at radius 1 is 1.03 bits per heavy atom. The predicted octanol–water partition coefficient (Wildman–Crippen LogP) is 5.24. The number of aromatic nitrogens is 1. The Kier molecular flexibility index (Phi) is 6.99. The van der Waals surface area contributed by atoms with Crippen molar-refractivity contribution in [2.45, 2.75) is 89.6 Å². The van der Waals surface area contributed by atoms with E-state index >= 15 is 0 Å². The van der Waals surface area contributed by atoms with Gasteiger partial charge in [-0.2, -0.15) is 0 Å². The number of hydrogen-bond donors (Lipinski definition) is 0. The zero-order chi connectivity index (χ0) is 21.8. The molecular formula is C26H36N2O3. The normalized spacial score (nSPS) is 18.3. The Morgan fingerprint density at radius 3 is 2.35 bits per heavy atom. The SMILES string of the molecule is CCN(C(=O)Cn1c(=O)c(C2CCCCC2)cc2ccc(OC)cc21)C1CCCCC1. The molecule has 4 rings (SSSR count). The Morgan fingerprint density at radius 2 is 1.71 bits per heavy atom. The van der Waals surface area contributed by atoms with E-state index in [1.807, 2.05) is 23.1 Å². The lowest BCUT2D eigenvalue weighted by molar-refractivity contribution is -0.134. The first-order valence-corrected chi connectivity index (χ1v) is 12.1. The van der Waals surface area contributed by atoms with Crippen LogP contribution >= 0.6 is 0 Å². The molecule has 0 unspecified atom stereocenters. The molecule has 1 aromatic carbocycles. The smallest absolute Gasteiger partial charge is 0.255 e. The molecule has 2 aromatic rings. The van der Waals surface area contributed by atoms with Gasteiger partial charge in [-0.15, -0.1) is 0 Å². The lowest BCUT2D eigenvalue weighted by Crippen LogP contribution is -2.44. The molecule has 0 atom stereocenters. The summed E-state index contributed by atoms with van der Waals surface area (Å²) in [4.78, 5) is 29.1. The molecule has 0 saturated heterocycles. The van der Waals surface area contributed by atoms with Crippen molar-refractivity contribution in [2.75, 3.05) is 13.7 Å². The van der Waals surface area contributed by atoms with E-state index in [-0.39, 0.29) is 18.0 Å². The monoisotopic (exact) mass is 424 g/mol. The lowest BCUT2D eigenvalue weighted by atomic mass is 9.84. The van der Waals surface area contributed by atoms with Gasteiger partial charge >= 0.3 is 0 Å². The van der Waals surface area contributed by atoms with Gasteiger partial charge in [0.1, 0.15) is 12.3 Å². The summed E-state index contributed by atoms with van der Waals surface area (Å²) in [5, 5.41) is 1.01. The van der Waals surface area contributed by atoms with Gasteiger partial charge in [-0.05, 0) is 62.1 Å². The maximum atomic E-state index is 13.7. The van der Waals surface area contributed by atoms with Crippen LogP contribution in [0.2, 0.25) is 0 Å². The topological polar surface area (TPSA) is 51.5 Å². The molecule has 0 N–H and O–H groups in total. The van der Waals surface area contributed by atoms with Gasteiger partial charge in [0.2, 0.25) is 5.91 Å². The largest absolute Gasteiger partial charge is 0.497 e. The third-order valence-electron chi connectivity index (χ3n) is 7.35. The van der Waals surface area contributed by atoms with Gasteiger partial charge in [0.05, 0.1) is 12.6 Å². The molecular weight excluding hydrogens is 388 g/mol. The van der Waals surface area contributed by atoms with Gasteiger partial charge in [0, 0.05) is 24.2 Å². The highest BCUT2D eigenvalue weighted by atomic mass is 16.5. The Balaban J connectivity index is 1.73. The number of fused-ring (bicyclic) bond motifs is 1. The van der Waals surface area contributed by atoms with Crippen LogP contribution in [0.4, 0.5) is 0 Å². The molecule has 2 aliphatic carbocycles. The summed E-state index contributed by atoms with van der Waals surface area (Å²) in [6, 6.07) is 8.21. The number of ether oxygens (including phenoxy) is 1. The van der Waals surface area contributed by atoms with Gasteiger partial charge in [0.15, 0.2) is 0 Å². The number of likely N-dealkylation sites (N-methyl/N-ethyl adjacent to an activating group) is 1. The molecule has 0 aliphatic heterocycles. The molecule has 2 fully saturated rings. The third kappa shape index (κ3) is 4.65. The summed E-state index contributed by atoms with van der Waals surface area (Å²) >= 11 is 0. The first-order chi connectivity index (χ1) is 15.1. The maximum Gasteiger partial charge on any atom is 0.255 e. The second-order valence-electron chi connectivity index (χ2n) is 9.22. The molecule has 1 aromatic heterocycles. The number of rotatable bonds is 6. The van der Waals surface area contributed by atoms with E-state index in [4.69, 9.17) is 4.74 Å². The highest BCUT2D eigenvalue weighted by Gasteiger charge is 2.26. The molecule has 0 radical (unpaired) electrons. The highest BCUT2D eigenvalue weighted by Crippen LogP contribution is 2.33. The fourth-order valence-corrected chi connectivity index (χ4v) is 5.62. The van der Waals surface area contributed by atoms with E-state index in [9.17, 15) is 9.59 Å². The molecule has 31 heavy (non-hydrogen) atoms. The minimum absolute atomic E-state index is 0.000648. The standard InChI is InChI=1S/C26H36N2O3/c1-3-27(21-12-8-5-9-13-21)25(29)18-28-24-17-22(31-2)15-14-20(24)16-23(26(28)30)19-10-6-4-7-11-19/h14-17,19,21H,3-13,18H2,1-2H3. The van der Waals surface area contributed by atoms with Crippen LogP contribution in [-0.4, -0.2) is 35.1 Å². The van der Waals surface area contributed by atoms with E-state index in [0.29, 0.717) is 24.3 Å². The summed E-state index contributed by atoms with van der Waals surface area (Å²) in [6.07, 6.45) is 11.5. The summed E-state index contributed by atoms with van der Waals surface area (Å²) in [5.74, 6) is 1.06. The number of pyridine rings is 1. The first-order valence-electron chi connectivity index (χ1n) is 12.1. The molecule has 2 saturated carbocycles. The van der Waals surface area contributed by atoms with Crippen molar-refractivity contribution in [3.05, 3.63) is 40.2 Å². The molecule has 5 nitrogen and oxygen atoms in total.